The first kappa shape index (κ1) is 12.1. The van der Waals surface area contributed by atoms with Crippen molar-refractivity contribution in [2.45, 2.75) is 12.3 Å². The summed E-state index contributed by atoms with van der Waals surface area (Å²) in [6, 6.07) is 11.0. The molecule has 5 heteroatoms. The van der Waals surface area contributed by atoms with Crippen LogP contribution >= 0.6 is 0 Å². The van der Waals surface area contributed by atoms with Gasteiger partial charge in [0.25, 0.3) is 0 Å². The molecule has 2 aliphatic rings. The Balaban J connectivity index is 1.49. The van der Waals surface area contributed by atoms with Crippen LogP contribution in [0, 0.1) is 11.7 Å². The summed E-state index contributed by atoms with van der Waals surface area (Å²) in [7, 11) is 0. The summed E-state index contributed by atoms with van der Waals surface area (Å²) in [6.45, 7) is -0.544. The van der Waals surface area contributed by atoms with E-state index in [9.17, 15) is 4.39 Å². The van der Waals surface area contributed by atoms with Crippen LogP contribution in [0.1, 0.15) is 22.0 Å². The molecule has 24 heavy (non-hydrogen) atoms. The van der Waals surface area contributed by atoms with Gasteiger partial charge in [-0.2, -0.15) is 0 Å². The summed E-state index contributed by atoms with van der Waals surface area (Å²) in [4.78, 5) is 0. The van der Waals surface area contributed by atoms with Crippen molar-refractivity contribution in [3.63, 3.8) is 0 Å². The number of hydrogen-bond donors (Lipinski definition) is 1. The average Bonchev–Trinajstić information content (AvgIpc) is 2.94. The Labute approximate surface area is 144 Å². The zero-order valence-corrected chi connectivity index (χ0v) is 13.0. The maximum absolute atomic E-state index is 13.3. The molecule has 4 rings (SSSR count). The van der Waals surface area contributed by atoms with Gasteiger partial charge in [-0.15, -0.1) is 0 Å². The summed E-state index contributed by atoms with van der Waals surface area (Å²) in [5.74, 6) is -0.185. The number of piperidine rings is 1. The first-order valence-electron chi connectivity index (χ1n) is 9.47. The predicted octanol–water partition coefficient (Wildman–Crippen LogP) is 3.33. The Kier molecular flexibility index (Phi) is 3.39. The Hall–Kier alpha value is -2.27. The Morgan fingerprint density at radius 2 is 2.04 bits per heavy atom. The summed E-state index contributed by atoms with van der Waals surface area (Å²) in [5.41, 5.74) is 0.776. The van der Waals surface area contributed by atoms with E-state index in [1.54, 1.807) is 30.3 Å². The first-order valence-corrected chi connectivity index (χ1v) is 7.97. The lowest BCUT2D eigenvalue weighted by Gasteiger charge is -2.32. The van der Waals surface area contributed by atoms with Gasteiger partial charge in [0, 0.05) is 19.9 Å². The molecule has 0 saturated carbocycles. The summed E-state index contributed by atoms with van der Waals surface area (Å²) >= 11 is 0. The highest BCUT2D eigenvalue weighted by Gasteiger charge is 2.27. The molecular weight excluding hydrogens is 309 g/mol. The molecule has 1 saturated heterocycles. The molecule has 0 bridgehead atoms. The number of benzene rings is 2. The van der Waals surface area contributed by atoms with Crippen LogP contribution in [0.5, 0.6) is 17.2 Å². The zero-order valence-electron chi connectivity index (χ0n) is 16.0. The van der Waals surface area contributed by atoms with E-state index in [0.29, 0.717) is 31.1 Å². The molecule has 2 aromatic rings. The highest BCUT2D eigenvalue weighted by atomic mass is 19.1. The number of ether oxygens (including phenoxy) is 3. The second kappa shape index (κ2) is 6.69. The highest BCUT2D eigenvalue weighted by Crippen LogP contribution is 2.36. The largest absolute Gasteiger partial charge is 0.493 e. The predicted molar refractivity (Wildman–Crippen MR) is 88.2 cm³/mol. The summed E-state index contributed by atoms with van der Waals surface area (Å²) < 4.78 is 53.2. The lowest BCUT2D eigenvalue weighted by atomic mass is 9.81. The quantitative estimate of drug-likeness (QED) is 0.932. The molecule has 0 spiro atoms. The highest BCUT2D eigenvalue weighted by molar-refractivity contribution is 5.46. The van der Waals surface area contributed by atoms with Crippen molar-refractivity contribution in [3.05, 3.63) is 53.8 Å². The van der Waals surface area contributed by atoms with E-state index in [1.165, 1.54) is 12.1 Å². The minimum absolute atomic E-state index is 0.131. The van der Waals surface area contributed by atoms with Crippen molar-refractivity contribution in [3.8, 4) is 17.2 Å². The smallest absolute Gasteiger partial charge is 0.231 e. The summed E-state index contributed by atoms with van der Waals surface area (Å²) in [6.07, 6.45) is 0.605. The Morgan fingerprint density at radius 1 is 1.21 bits per heavy atom. The van der Waals surface area contributed by atoms with Gasteiger partial charge in [-0.3, -0.25) is 0 Å². The molecule has 2 aromatic carbocycles. The van der Waals surface area contributed by atoms with Gasteiger partial charge in [0.1, 0.15) is 14.3 Å². The molecular formula is C19H20FNO3. The average molecular weight is 332 g/mol. The van der Waals surface area contributed by atoms with E-state index in [1.807, 2.05) is 0 Å². The van der Waals surface area contributed by atoms with Gasteiger partial charge < -0.3 is 19.5 Å². The molecule has 2 aliphatic heterocycles. The third-order valence-electron chi connectivity index (χ3n) is 4.34. The van der Waals surface area contributed by atoms with Gasteiger partial charge in [0.15, 0.2) is 11.5 Å². The van der Waals surface area contributed by atoms with Gasteiger partial charge in [0.2, 0.25) is 6.75 Å². The van der Waals surface area contributed by atoms with Crippen LogP contribution in [0.25, 0.3) is 0 Å². The van der Waals surface area contributed by atoms with E-state index in [0.717, 1.165) is 12.1 Å². The number of hydrogen-bond acceptors (Lipinski definition) is 4. The fourth-order valence-corrected chi connectivity index (χ4v) is 3.08. The fraction of sp³-hybridized carbons (Fsp3) is 0.368. The van der Waals surface area contributed by atoms with Crippen molar-refractivity contribution in [2.75, 3.05) is 26.4 Å². The van der Waals surface area contributed by atoms with E-state index in [-0.39, 0.29) is 17.5 Å². The van der Waals surface area contributed by atoms with Crippen LogP contribution < -0.4 is 19.5 Å². The lowest BCUT2D eigenvalue weighted by molar-refractivity contribution is 0.173. The van der Waals surface area contributed by atoms with Crippen LogP contribution in [0.2, 0.25) is 0 Å². The molecule has 2 atom stereocenters. The van der Waals surface area contributed by atoms with Crippen molar-refractivity contribution in [1.82, 2.24) is 5.32 Å². The monoisotopic (exact) mass is 332 g/mol. The van der Waals surface area contributed by atoms with Crippen LogP contribution in [0.15, 0.2) is 42.5 Å². The zero-order chi connectivity index (χ0) is 19.1. The lowest BCUT2D eigenvalue weighted by Crippen LogP contribution is -2.38. The molecule has 1 fully saturated rings. The number of halogens is 1. The third-order valence-corrected chi connectivity index (χ3v) is 4.34. The molecule has 2 heterocycles. The van der Waals surface area contributed by atoms with Crippen LogP contribution in [0.4, 0.5) is 4.39 Å². The SMILES string of the molecule is [2H]C1([2H])Oc2ccc(OC[C@@H]3CNCCC3([2H])c3ccc(F)cc3)cc2O1. The van der Waals surface area contributed by atoms with Crippen LogP contribution in [-0.2, 0) is 0 Å². The first-order chi connectivity index (χ1) is 12.9. The van der Waals surface area contributed by atoms with Gasteiger partial charge in [-0.05, 0) is 48.7 Å². The van der Waals surface area contributed by atoms with E-state index in [2.05, 4.69) is 5.32 Å². The number of fused-ring (bicyclic) bond motifs is 1. The van der Waals surface area contributed by atoms with Crippen molar-refractivity contribution in [1.29, 1.82) is 0 Å². The molecule has 126 valence electrons. The fourth-order valence-electron chi connectivity index (χ4n) is 3.08. The van der Waals surface area contributed by atoms with Crippen LogP contribution in [-0.4, -0.2) is 26.4 Å². The van der Waals surface area contributed by atoms with Gasteiger partial charge in [-0.25, -0.2) is 4.39 Å². The maximum atomic E-state index is 13.3. The standard InChI is InChI=1S/C19H20FNO3/c20-15-3-1-13(2-4-15)17-7-8-21-10-14(17)11-22-16-5-6-18-19(9-16)24-12-23-18/h1-6,9,14,17,21H,7-8,10-12H2/t14-,17?/m0/s1/i12D2,17D. The minimum atomic E-state index is -2.17. The topological polar surface area (TPSA) is 39.7 Å². The second-order valence-electron chi connectivity index (χ2n) is 5.89. The van der Waals surface area contributed by atoms with Crippen molar-refractivity contribution >= 4 is 0 Å². The van der Waals surface area contributed by atoms with Gasteiger partial charge in [0.05, 0.1) is 6.61 Å². The Morgan fingerprint density at radius 3 is 2.92 bits per heavy atom. The third kappa shape index (κ3) is 3.17. The normalized spacial score (nSPS) is 29.4. The van der Waals surface area contributed by atoms with Gasteiger partial charge in [-0.1, -0.05) is 12.1 Å². The van der Waals surface area contributed by atoms with Crippen molar-refractivity contribution in [2.24, 2.45) is 5.92 Å². The second-order valence-corrected chi connectivity index (χ2v) is 5.89. The molecule has 1 N–H and O–H groups in total. The van der Waals surface area contributed by atoms with E-state index >= 15 is 0 Å². The molecule has 0 aromatic heterocycles. The maximum Gasteiger partial charge on any atom is 0.231 e. The molecule has 0 aliphatic carbocycles. The van der Waals surface area contributed by atoms with E-state index < -0.39 is 12.6 Å². The number of rotatable bonds is 4. The molecule has 0 radical (unpaired) electrons. The van der Waals surface area contributed by atoms with Gasteiger partial charge >= 0.3 is 0 Å². The summed E-state index contributed by atoms with van der Waals surface area (Å²) in [5, 5.41) is 3.29. The molecule has 1 unspecified atom stereocenters. The molecule has 0 amide bonds. The number of nitrogens with one attached hydrogen (secondary N) is 1. The Bertz CT molecular complexity index is 833. The van der Waals surface area contributed by atoms with Crippen molar-refractivity contribution < 1.29 is 22.7 Å². The van der Waals surface area contributed by atoms with E-state index in [4.69, 9.17) is 18.3 Å². The molecule has 4 nitrogen and oxygen atoms in total. The van der Waals surface area contributed by atoms with Crippen LogP contribution in [0.3, 0.4) is 0 Å². The minimum Gasteiger partial charge on any atom is -0.493 e.